The highest BCUT2D eigenvalue weighted by molar-refractivity contribution is 7.45. The van der Waals surface area contributed by atoms with Crippen molar-refractivity contribution in [3.63, 3.8) is 0 Å². The first kappa shape index (κ1) is 83.7. The first-order valence-corrected chi connectivity index (χ1v) is 38.5. The van der Waals surface area contributed by atoms with Crippen molar-refractivity contribution in [1.82, 2.24) is 0 Å². The maximum absolute atomic E-state index is 12.9. The van der Waals surface area contributed by atoms with Crippen LogP contribution in [0.25, 0.3) is 0 Å². The first-order chi connectivity index (χ1) is 42.0. The van der Waals surface area contributed by atoms with Crippen LogP contribution in [0.1, 0.15) is 361 Å². The van der Waals surface area contributed by atoms with Crippen molar-refractivity contribution in [2.45, 2.75) is 367 Å². The second-order valence-corrected chi connectivity index (χ2v) is 27.7. The molecule has 0 aromatic carbocycles. The third-order valence-electron chi connectivity index (χ3n) is 16.5. The molecule has 0 aromatic rings. The summed E-state index contributed by atoms with van der Waals surface area (Å²) < 4.78 is 34.4. The van der Waals surface area contributed by atoms with Crippen LogP contribution < -0.4 is 4.89 Å². The molecule has 0 aliphatic heterocycles. The highest BCUT2D eigenvalue weighted by Crippen LogP contribution is 2.38. The zero-order chi connectivity index (χ0) is 62.6. The standard InChI is InChI=1S/C76H142NO8P/c1-6-8-10-12-14-16-18-20-22-24-26-28-30-32-33-34-35-36-37-38-39-40-41-42-43-45-47-49-51-53-55-57-59-61-63-65-67-69-76(79)85-74(73-84-86(80,81)83-71-70-77(3,4)5)72-82-75(78)68-66-64-62-60-58-56-54-52-50-48-46-44-31-29-27-25-23-21-19-17-15-13-11-9-7-2/h18-21,24-27,30,32,74H,6-17,22-23,28-29,31,33-73H2,1-5H3/b20-18-,21-19-,26-24-,27-25-,32-30-. The molecular formula is C76H142NO8P. The maximum atomic E-state index is 12.9. The van der Waals surface area contributed by atoms with E-state index >= 15 is 0 Å². The molecule has 86 heavy (non-hydrogen) atoms. The molecule has 9 nitrogen and oxygen atoms in total. The lowest BCUT2D eigenvalue weighted by atomic mass is 10.0. The predicted molar refractivity (Wildman–Crippen MR) is 370 cm³/mol. The van der Waals surface area contributed by atoms with Crippen molar-refractivity contribution in [3.05, 3.63) is 60.8 Å². The Labute approximate surface area is 534 Å². The molecule has 504 valence electrons. The minimum atomic E-state index is -4.64. The summed E-state index contributed by atoms with van der Waals surface area (Å²) in [5, 5.41) is 0. The van der Waals surface area contributed by atoms with Gasteiger partial charge >= 0.3 is 11.9 Å². The van der Waals surface area contributed by atoms with E-state index in [1.807, 2.05) is 21.1 Å². The van der Waals surface area contributed by atoms with Gasteiger partial charge in [0, 0.05) is 12.8 Å². The monoisotopic (exact) mass is 1230 g/mol. The Balaban J connectivity index is 3.96. The number of unbranched alkanes of at least 4 members (excludes halogenated alkanes) is 45. The van der Waals surface area contributed by atoms with Gasteiger partial charge in [-0.1, -0.05) is 325 Å². The van der Waals surface area contributed by atoms with E-state index in [0.29, 0.717) is 17.4 Å². The minimum absolute atomic E-state index is 0.0298. The van der Waals surface area contributed by atoms with E-state index < -0.39 is 26.5 Å². The number of allylic oxidation sites excluding steroid dienone is 10. The van der Waals surface area contributed by atoms with Gasteiger partial charge in [0.25, 0.3) is 7.82 Å². The molecule has 0 aliphatic rings. The van der Waals surface area contributed by atoms with Gasteiger partial charge in [-0.05, 0) is 83.5 Å². The van der Waals surface area contributed by atoms with E-state index in [-0.39, 0.29) is 32.0 Å². The third kappa shape index (κ3) is 70.8. The number of hydrogen-bond donors (Lipinski definition) is 0. The van der Waals surface area contributed by atoms with Gasteiger partial charge in [-0.2, -0.15) is 0 Å². The number of phosphoric ester groups is 1. The minimum Gasteiger partial charge on any atom is -0.756 e. The van der Waals surface area contributed by atoms with Gasteiger partial charge in [0.2, 0.25) is 0 Å². The van der Waals surface area contributed by atoms with Gasteiger partial charge in [0.15, 0.2) is 6.10 Å². The summed E-state index contributed by atoms with van der Waals surface area (Å²) in [6.07, 6.45) is 88.9. The Morgan fingerprint density at radius 3 is 0.930 bits per heavy atom. The number of carbonyl (C=O) groups is 2. The predicted octanol–water partition coefficient (Wildman–Crippen LogP) is 23.5. The van der Waals surface area contributed by atoms with Crippen molar-refractivity contribution in [1.29, 1.82) is 0 Å². The fourth-order valence-electron chi connectivity index (χ4n) is 10.8. The Kier molecular flexibility index (Phi) is 65.3. The number of ether oxygens (including phenoxy) is 2. The van der Waals surface area contributed by atoms with Crippen LogP contribution in [-0.4, -0.2) is 70.0 Å². The summed E-state index contributed by atoms with van der Waals surface area (Å²) in [7, 11) is 1.18. The normalized spacial score (nSPS) is 13.4. The van der Waals surface area contributed by atoms with E-state index in [2.05, 4.69) is 74.6 Å². The molecule has 0 aliphatic carbocycles. The largest absolute Gasteiger partial charge is 0.756 e. The second-order valence-electron chi connectivity index (χ2n) is 26.3. The summed E-state index contributed by atoms with van der Waals surface area (Å²) in [6, 6.07) is 0. The van der Waals surface area contributed by atoms with Crippen LogP contribution in [-0.2, 0) is 32.7 Å². The average molecular weight is 1230 g/mol. The van der Waals surface area contributed by atoms with Crippen molar-refractivity contribution < 1.29 is 42.1 Å². The molecule has 10 heteroatoms. The number of rotatable bonds is 69. The Hall–Kier alpha value is -2.29. The van der Waals surface area contributed by atoms with E-state index in [1.54, 1.807) is 0 Å². The molecule has 0 saturated heterocycles. The first-order valence-electron chi connectivity index (χ1n) is 37.0. The third-order valence-corrected chi connectivity index (χ3v) is 17.5. The molecule has 0 spiro atoms. The lowest BCUT2D eigenvalue weighted by Crippen LogP contribution is -2.37. The van der Waals surface area contributed by atoms with Crippen molar-refractivity contribution in [2.24, 2.45) is 0 Å². The van der Waals surface area contributed by atoms with Gasteiger partial charge in [-0.15, -0.1) is 0 Å². The fourth-order valence-corrected chi connectivity index (χ4v) is 11.5. The van der Waals surface area contributed by atoms with Crippen LogP contribution >= 0.6 is 7.82 Å². The lowest BCUT2D eigenvalue weighted by molar-refractivity contribution is -0.870. The van der Waals surface area contributed by atoms with Crippen molar-refractivity contribution in [3.8, 4) is 0 Å². The van der Waals surface area contributed by atoms with E-state index in [0.717, 1.165) is 51.4 Å². The molecule has 0 bridgehead atoms. The number of nitrogens with zero attached hydrogens (tertiary/aromatic N) is 1. The van der Waals surface area contributed by atoms with Crippen LogP contribution in [0.2, 0.25) is 0 Å². The zero-order valence-electron chi connectivity index (χ0n) is 57.5. The SMILES string of the molecule is CCCCCCC/C=C\C/C=C\C/C=C\CCCCCCCCCCCCCCCCCCCCCCCCC(=O)OC(COC(=O)CCCCCCCCCCCCCCC/C=C\C/C=C\CCCCCCC)COP(=O)([O-])OCC[N+](C)(C)C. The number of hydrogen-bond acceptors (Lipinski definition) is 8. The summed E-state index contributed by atoms with van der Waals surface area (Å²) in [4.78, 5) is 38.1. The maximum Gasteiger partial charge on any atom is 0.306 e. The zero-order valence-corrected chi connectivity index (χ0v) is 58.4. The Bertz CT molecular complexity index is 1630. The topological polar surface area (TPSA) is 111 Å². The molecule has 0 saturated carbocycles. The smallest absolute Gasteiger partial charge is 0.306 e. The Morgan fingerprint density at radius 1 is 0.360 bits per heavy atom. The van der Waals surface area contributed by atoms with Gasteiger partial charge in [-0.3, -0.25) is 14.2 Å². The van der Waals surface area contributed by atoms with Crippen LogP contribution in [0, 0.1) is 0 Å². The van der Waals surface area contributed by atoms with Gasteiger partial charge in [0.05, 0.1) is 27.7 Å². The van der Waals surface area contributed by atoms with E-state index in [1.165, 1.54) is 276 Å². The number of quaternary nitrogens is 1. The summed E-state index contributed by atoms with van der Waals surface area (Å²) in [5.74, 6) is -0.817. The van der Waals surface area contributed by atoms with E-state index in [9.17, 15) is 19.0 Å². The van der Waals surface area contributed by atoms with Crippen LogP contribution in [0.15, 0.2) is 60.8 Å². The molecular weight excluding hydrogens is 1090 g/mol. The molecule has 2 atom stereocenters. The molecule has 0 amide bonds. The molecule has 0 N–H and O–H groups in total. The molecule has 0 aromatic heterocycles. The highest BCUT2D eigenvalue weighted by atomic mass is 31.2. The number of phosphoric acid groups is 1. The fraction of sp³-hybridized carbons (Fsp3) is 0.842. The van der Waals surface area contributed by atoms with Crippen molar-refractivity contribution in [2.75, 3.05) is 47.5 Å². The van der Waals surface area contributed by atoms with Crippen LogP contribution in [0.4, 0.5) is 0 Å². The number of carbonyl (C=O) groups excluding carboxylic acids is 2. The lowest BCUT2D eigenvalue weighted by Gasteiger charge is -2.28. The molecule has 0 heterocycles. The van der Waals surface area contributed by atoms with Crippen LogP contribution in [0.3, 0.4) is 0 Å². The number of esters is 2. The quantitative estimate of drug-likeness (QED) is 0.0195. The second kappa shape index (κ2) is 67.1. The van der Waals surface area contributed by atoms with Gasteiger partial charge in [-0.25, -0.2) is 0 Å². The van der Waals surface area contributed by atoms with Crippen molar-refractivity contribution >= 4 is 19.8 Å². The van der Waals surface area contributed by atoms with Crippen LogP contribution in [0.5, 0.6) is 0 Å². The van der Waals surface area contributed by atoms with E-state index in [4.69, 9.17) is 18.5 Å². The molecule has 0 radical (unpaired) electrons. The summed E-state index contributed by atoms with van der Waals surface area (Å²) in [6.45, 7) is 4.27. The summed E-state index contributed by atoms with van der Waals surface area (Å²) in [5.41, 5.74) is 0. The molecule has 2 unspecified atom stereocenters. The summed E-state index contributed by atoms with van der Waals surface area (Å²) >= 11 is 0. The molecule has 0 fully saturated rings. The molecule has 0 rings (SSSR count). The van der Waals surface area contributed by atoms with Gasteiger partial charge < -0.3 is 27.9 Å². The Morgan fingerprint density at radius 2 is 0.628 bits per heavy atom. The highest BCUT2D eigenvalue weighted by Gasteiger charge is 2.22. The average Bonchev–Trinajstić information content (AvgIpc) is 3.67. The van der Waals surface area contributed by atoms with Gasteiger partial charge in [0.1, 0.15) is 19.8 Å². The number of likely N-dealkylation sites (N-methyl/N-ethyl adjacent to an activating group) is 1.